The SMILES string of the molecule is CCCCN1C(=O)CCC(C(=O)NCC(c2ccccc2)N2CCCC2)C1c1ccccc1OC. The van der Waals surface area contributed by atoms with Gasteiger partial charge in [-0.05, 0) is 50.4 Å². The summed E-state index contributed by atoms with van der Waals surface area (Å²) in [6.45, 7) is 5.46. The van der Waals surface area contributed by atoms with Crippen molar-refractivity contribution in [2.24, 2.45) is 5.92 Å². The summed E-state index contributed by atoms with van der Waals surface area (Å²) in [5, 5.41) is 3.30. The van der Waals surface area contributed by atoms with Gasteiger partial charge in [0.2, 0.25) is 11.8 Å². The summed E-state index contributed by atoms with van der Waals surface area (Å²) in [5.41, 5.74) is 2.15. The Bertz CT molecular complexity index is 974. The Balaban J connectivity index is 1.57. The molecule has 3 unspecified atom stereocenters. The van der Waals surface area contributed by atoms with Crippen molar-refractivity contribution in [1.82, 2.24) is 15.1 Å². The Hall–Kier alpha value is -2.86. The second-order valence-electron chi connectivity index (χ2n) is 9.69. The van der Waals surface area contributed by atoms with E-state index in [9.17, 15) is 9.59 Å². The van der Waals surface area contributed by atoms with E-state index >= 15 is 0 Å². The van der Waals surface area contributed by atoms with E-state index in [0.29, 0.717) is 25.9 Å². The molecular weight excluding hydrogens is 438 g/mol. The zero-order chi connectivity index (χ0) is 24.6. The van der Waals surface area contributed by atoms with E-state index in [1.54, 1.807) is 7.11 Å². The number of nitrogens with one attached hydrogen (secondary N) is 1. The largest absolute Gasteiger partial charge is 0.496 e. The third-order valence-electron chi connectivity index (χ3n) is 7.49. The third-order valence-corrected chi connectivity index (χ3v) is 7.49. The lowest BCUT2D eigenvalue weighted by atomic mass is 9.83. The summed E-state index contributed by atoms with van der Waals surface area (Å²) < 4.78 is 5.66. The second kappa shape index (κ2) is 12.2. The molecule has 0 spiro atoms. The Morgan fingerprint density at radius 3 is 2.51 bits per heavy atom. The van der Waals surface area contributed by atoms with Crippen LogP contribution in [0.15, 0.2) is 54.6 Å². The minimum absolute atomic E-state index is 0.0232. The van der Waals surface area contributed by atoms with Crippen LogP contribution in [0.2, 0.25) is 0 Å². The monoisotopic (exact) mass is 477 g/mol. The van der Waals surface area contributed by atoms with Crippen LogP contribution in [0.1, 0.15) is 68.7 Å². The van der Waals surface area contributed by atoms with Gasteiger partial charge in [0, 0.05) is 25.1 Å². The van der Waals surface area contributed by atoms with Gasteiger partial charge in [-0.1, -0.05) is 61.9 Å². The van der Waals surface area contributed by atoms with Crippen molar-refractivity contribution in [1.29, 1.82) is 0 Å². The molecule has 0 aliphatic carbocycles. The maximum absolute atomic E-state index is 13.7. The van der Waals surface area contributed by atoms with E-state index in [1.807, 2.05) is 35.2 Å². The minimum atomic E-state index is -0.319. The molecule has 2 aromatic carbocycles. The zero-order valence-electron chi connectivity index (χ0n) is 21.1. The minimum Gasteiger partial charge on any atom is -0.496 e. The van der Waals surface area contributed by atoms with Crippen LogP contribution >= 0.6 is 0 Å². The van der Waals surface area contributed by atoms with Crippen LogP contribution in [0.5, 0.6) is 5.75 Å². The van der Waals surface area contributed by atoms with Gasteiger partial charge in [-0.2, -0.15) is 0 Å². The Kier molecular flexibility index (Phi) is 8.80. The number of likely N-dealkylation sites (tertiary alicyclic amines) is 2. The molecule has 6 heteroatoms. The van der Waals surface area contributed by atoms with Crippen LogP contribution in [0.25, 0.3) is 0 Å². The van der Waals surface area contributed by atoms with Crippen LogP contribution in [-0.2, 0) is 9.59 Å². The van der Waals surface area contributed by atoms with Crippen molar-refractivity contribution in [2.75, 3.05) is 33.3 Å². The molecule has 0 radical (unpaired) electrons. The van der Waals surface area contributed by atoms with Crippen molar-refractivity contribution >= 4 is 11.8 Å². The normalized spacial score (nSPS) is 21.7. The standard InChI is InChI=1S/C29H39N3O3/c1-3-4-20-32-27(33)17-16-24(28(32)23-14-8-9-15-26(23)35-2)29(34)30-21-25(31-18-10-11-19-31)22-12-6-5-7-13-22/h5-9,12-15,24-25,28H,3-4,10-11,16-21H2,1-2H3,(H,30,34). The van der Waals surface area contributed by atoms with Gasteiger partial charge in [0.25, 0.3) is 0 Å². The molecule has 6 nitrogen and oxygen atoms in total. The second-order valence-corrected chi connectivity index (χ2v) is 9.69. The number of methoxy groups -OCH3 is 1. The van der Waals surface area contributed by atoms with Gasteiger partial charge < -0.3 is 15.0 Å². The van der Waals surface area contributed by atoms with Gasteiger partial charge in [-0.25, -0.2) is 0 Å². The fraction of sp³-hybridized carbons (Fsp3) is 0.517. The van der Waals surface area contributed by atoms with Gasteiger partial charge in [0.15, 0.2) is 0 Å². The first-order valence-electron chi connectivity index (χ1n) is 13.1. The molecule has 0 aromatic heterocycles. The van der Waals surface area contributed by atoms with Crippen LogP contribution in [0.4, 0.5) is 0 Å². The van der Waals surface area contributed by atoms with Gasteiger partial charge in [-0.3, -0.25) is 14.5 Å². The number of nitrogens with zero attached hydrogens (tertiary/aromatic N) is 2. The van der Waals surface area contributed by atoms with Crippen molar-refractivity contribution < 1.29 is 14.3 Å². The molecular formula is C29H39N3O3. The highest BCUT2D eigenvalue weighted by Gasteiger charge is 2.41. The maximum atomic E-state index is 13.7. The van der Waals surface area contributed by atoms with E-state index in [-0.39, 0.29) is 29.8 Å². The average molecular weight is 478 g/mol. The third kappa shape index (κ3) is 5.87. The van der Waals surface area contributed by atoms with Gasteiger partial charge in [-0.15, -0.1) is 0 Å². The predicted octanol–water partition coefficient (Wildman–Crippen LogP) is 4.73. The zero-order valence-corrected chi connectivity index (χ0v) is 21.1. The van der Waals surface area contributed by atoms with E-state index in [0.717, 1.165) is 37.2 Å². The first kappa shape index (κ1) is 25.2. The van der Waals surface area contributed by atoms with Crippen molar-refractivity contribution in [3.63, 3.8) is 0 Å². The average Bonchev–Trinajstić information content (AvgIpc) is 3.43. The molecule has 1 N–H and O–H groups in total. The summed E-state index contributed by atoms with van der Waals surface area (Å²) in [6, 6.07) is 18.1. The van der Waals surface area contributed by atoms with Crippen molar-refractivity contribution in [2.45, 2.75) is 57.5 Å². The predicted molar refractivity (Wildman–Crippen MR) is 138 cm³/mol. The fourth-order valence-electron chi connectivity index (χ4n) is 5.63. The van der Waals surface area contributed by atoms with Crippen molar-refractivity contribution in [3.8, 4) is 5.75 Å². The topological polar surface area (TPSA) is 61.9 Å². The Morgan fingerprint density at radius 2 is 1.80 bits per heavy atom. The number of rotatable bonds is 10. The number of amides is 2. The lowest BCUT2D eigenvalue weighted by Crippen LogP contribution is -2.49. The number of hydrogen-bond acceptors (Lipinski definition) is 4. The number of unbranched alkanes of at least 4 members (excludes halogenated alkanes) is 1. The smallest absolute Gasteiger partial charge is 0.225 e. The fourth-order valence-corrected chi connectivity index (χ4v) is 5.63. The van der Waals surface area contributed by atoms with Crippen LogP contribution in [0, 0.1) is 5.92 Å². The molecule has 2 saturated heterocycles. The summed E-state index contributed by atoms with van der Waals surface area (Å²) in [5.74, 6) is 0.564. The Labute approximate surface area is 209 Å². The molecule has 2 fully saturated rings. The lowest BCUT2D eigenvalue weighted by molar-refractivity contribution is -0.143. The number of carbonyl (C=O) groups excluding carboxylic acids is 2. The first-order valence-corrected chi connectivity index (χ1v) is 13.1. The Morgan fingerprint density at radius 1 is 1.09 bits per heavy atom. The number of para-hydroxylation sites is 1. The number of hydrogen-bond donors (Lipinski definition) is 1. The molecule has 2 amide bonds. The highest BCUT2D eigenvalue weighted by molar-refractivity contribution is 5.85. The van der Waals surface area contributed by atoms with E-state index < -0.39 is 0 Å². The lowest BCUT2D eigenvalue weighted by Gasteiger charge is -2.41. The molecule has 4 rings (SSSR count). The molecule has 0 bridgehead atoms. The molecule has 188 valence electrons. The number of piperidine rings is 1. The molecule has 2 heterocycles. The van der Waals surface area contributed by atoms with E-state index in [2.05, 4.69) is 41.4 Å². The summed E-state index contributed by atoms with van der Waals surface area (Å²) in [7, 11) is 1.65. The van der Waals surface area contributed by atoms with Gasteiger partial charge in [0.1, 0.15) is 5.75 Å². The molecule has 2 aliphatic rings. The van der Waals surface area contributed by atoms with Crippen molar-refractivity contribution in [3.05, 3.63) is 65.7 Å². The highest BCUT2D eigenvalue weighted by Crippen LogP contribution is 2.41. The molecule has 35 heavy (non-hydrogen) atoms. The van der Waals surface area contributed by atoms with Gasteiger partial charge >= 0.3 is 0 Å². The van der Waals surface area contributed by atoms with Crippen LogP contribution in [-0.4, -0.2) is 54.9 Å². The number of carbonyl (C=O) groups is 2. The van der Waals surface area contributed by atoms with Crippen LogP contribution in [0.3, 0.4) is 0 Å². The number of benzene rings is 2. The van der Waals surface area contributed by atoms with Crippen LogP contribution < -0.4 is 10.1 Å². The molecule has 2 aromatic rings. The van der Waals surface area contributed by atoms with Gasteiger partial charge in [0.05, 0.1) is 25.1 Å². The molecule has 2 aliphatic heterocycles. The summed E-state index contributed by atoms with van der Waals surface area (Å²) >= 11 is 0. The molecule has 0 saturated carbocycles. The summed E-state index contributed by atoms with van der Waals surface area (Å²) in [4.78, 5) is 31.2. The number of ether oxygens (including phenoxy) is 1. The van der Waals surface area contributed by atoms with E-state index in [1.165, 1.54) is 18.4 Å². The maximum Gasteiger partial charge on any atom is 0.225 e. The first-order chi connectivity index (χ1) is 17.1. The highest BCUT2D eigenvalue weighted by atomic mass is 16.5. The molecule has 3 atom stereocenters. The quantitative estimate of drug-likeness (QED) is 0.538. The van der Waals surface area contributed by atoms with E-state index in [4.69, 9.17) is 4.74 Å². The summed E-state index contributed by atoms with van der Waals surface area (Å²) in [6.07, 6.45) is 5.26.